The van der Waals surface area contributed by atoms with Crippen LogP contribution >= 0.6 is 0 Å². The molecule has 1 unspecified atom stereocenters. The highest BCUT2D eigenvalue weighted by molar-refractivity contribution is 5.83. The van der Waals surface area contributed by atoms with Crippen molar-refractivity contribution in [3.8, 4) is 22.4 Å². The SMILES string of the molecule is CC(C)C1Cn2nc(-c3cccc(CO)c3)c(-c3ccncc3)c2CN1. The Morgan fingerprint density at radius 3 is 2.73 bits per heavy atom. The molecule has 134 valence electrons. The smallest absolute Gasteiger partial charge is 0.100 e. The quantitative estimate of drug-likeness (QED) is 0.760. The number of aromatic nitrogens is 3. The van der Waals surface area contributed by atoms with Crippen molar-refractivity contribution in [2.24, 2.45) is 5.92 Å². The van der Waals surface area contributed by atoms with Gasteiger partial charge >= 0.3 is 0 Å². The van der Waals surface area contributed by atoms with Gasteiger partial charge in [0.25, 0.3) is 0 Å². The van der Waals surface area contributed by atoms with E-state index >= 15 is 0 Å². The fourth-order valence-corrected chi connectivity index (χ4v) is 3.59. The van der Waals surface area contributed by atoms with Crippen LogP contribution in [0.15, 0.2) is 48.8 Å². The highest BCUT2D eigenvalue weighted by Crippen LogP contribution is 2.36. The van der Waals surface area contributed by atoms with E-state index in [-0.39, 0.29) is 6.61 Å². The fourth-order valence-electron chi connectivity index (χ4n) is 3.59. The molecule has 0 fully saturated rings. The Kier molecular flexibility index (Phi) is 4.57. The number of hydrogen-bond donors (Lipinski definition) is 2. The van der Waals surface area contributed by atoms with Crippen molar-refractivity contribution in [2.75, 3.05) is 0 Å². The summed E-state index contributed by atoms with van der Waals surface area (Å²) in [6, 6.07) is 12.5. The number of aliphatic hydroxyl groups excluding tert-OH is 1. The molecule has 0 aliphatic carbocycles. The van der Waals surface area contributed by atoms with Crippen LogP contribution in [0.4, 0.5) is 0 Å². The van der Waals surface area contributed by atoms with E-state index in [0.717, 1.165) is 41.0 Å². The predicted octanol–water partition coefficient (Wildman–Crippen LogP) is 3.23. The van der Waals surface area contributed by atoms with Crippen LogP contribution < -0.4 is 5.32 Å². The third-order valence-electron chi connectivity index (χ3n) is 5.12. The van der Waals surface area contributed by atoms with Crippen LogP contribution in [0.2, 0.25) is 0 Å². The molecule has 0 bridgehead atoms. The zero-order chi connectivity index (χ0) is 18.1. The highest BCUT2D eigenvalue weighted by Gasteiger charge is 2.27. The zero-order valence-electron chi connectivity index (χ0n) is 15.2. The second-order valence-corrected chi connectivity index (χ2v) is 7.18. The van der Waals surface area contributed by atoms with E-state index in [2.05, 4.69) is 34.9 Å². The topological polar surface area (TPSA) is 63.0 Å². The van der Waals surface area contributed by atoms with Gasteiger partial charge in [-0.2, -0.15) is 5.10 Å². The van der Waals surface area contributed by atoms with Crippen molar-refractivity contribution < 1.29 is 5.11 Å². The minimum absolute atomic E-state index is 0.0307. The molecule has 3 aromatic rings. The summed E-state index contributed by atoms with van der Waals surface area (Å²) >= 11 is 0. The molecule has 1 aliphatic heterocycles. The third-order valence-corrected chi connectivity index (χ3v) is 5.12. The molecule has 0 saturated heterocycles. The first kappa shape index (κ1) is 16.9. The van der Waals surface area contributed by atoms with Gasteiger partial charge in [0.15, 0.2) is 0 Å². The number of rotatable bonds is 4. The Labute approximate surface area is 153 Å². The minimum Gasteiger partial charge on any atom is -0.392 e. The molecule has 2 N–H and O–H groups in total. The van der Waals surface area contributed by atoms with Crippen LogP contribution in [0, 0.1) is 5.92 Å². The molecule has 5 heteroatoms. The summed E-state index contributed by atoms with van der Waals surface area (Å²) in [6.07, 6.45) is 3.64. The summed E-state index contributed by atoms with van der Waals surface area (Å²) in [5.74, 6) is 0.554. The highest BCUT2D eigenvalue weighted by atomic mass is 16.3. The monoisotopic (exact) mass is 348 g/mol. The summed E-state index contributed by atoms with van der Waals surface area (Å²) in [7, 11) is 0. The van der Waals surface area contributed by atoms with Gasteiger partial charge in [-0.3, -0.25) is 9.67 Å². The van der Waals surface area contributed by atoms with Crippen LogP contribution in [0.3, 0.4) is 0 Å². The lowest BCUT2D eigenvalue weighted by Gasteiger charge is -2.28. The summed E-state index contributed by atoms with van der Waals surface area (Å²) in [4.78, 5) is 4.16. The lowest BCUT2D eigenvalue weighted by Crippen LogP contribution is -2.42. The Bertz CT molecular complexity index is 902. The van der Waals surface area contributed by atoms with Crippen LogP contribution in [-0.4, -0.2) is 25.9 Å². The molecular formula is C21H24N4O. The molecule has 5 nitrogen and oxygen atoms in total. The Balaban J connectivity index is 1.88. The Morgan fingerprint density at radius 1 is 1.19 bits per heavy atom. The number of pyridine rings is 1. The van der Waals surface area contributed by atoms with Gasteiger partial charge in [0.05, 0.1) is 18.8 Å². The number of aliphatic hydroxyl groups is 1. The van der Waals surface area contributed by atoms with Gasteiger partial charge in [-0.25, -0.2) is 0 Å². The predicted molar refractivity (Wildman–Crippen MR) is 102 cm³/mol. The maximum Gasteiger partial charge on any atom is 0.100 e. The maximum absolute atomic E-state index is 9.51. The zero-order valence-corrected chi connectivity index (χ0v) is 15.2. The fraction of sp³-hybridized carbons (Fsp3) is 0.333. The molecule has 0 spiro atoms. The van der Waals surface area contributed by atoms with Gasteiger partial charge < -0.3 is 10.4 Å². The van der Waals surface area contributed by atoms with Crippen molar-refractivity contribution >= 4 is 0 Å². The van der Waals surface area contributed by atoms with Gasteiger partial charge in [-0.05, 0) is 35.2 Å². The largest absolute Gasteiger partial charge is 0.392 e. The molecular weight excluding hydrogens is 324 g/mol. The van der Waals surface area contributed by atoms with Crippen molar-refractivity contribution in [1.29, 1.82) is 0 Å². The number of benzene rings is 1. The van der Waals surface area contributed by atoms with E-state index in [4.69, 9.17) is 5.10 Å². The van der Waals surface area contributed by atoms with Crippen LogP contribution in [0.5, 0.6) is 0 Å². The minimum atomic E-state index is 0.0307. The molecule has 1 aromatic carbocycles. The van der Waals surface area contributed by atoms with Crippen LogP contribution in [0.25, 0.3) is 22.4 Å². The van der Waals surface area contributed by atoms with E-state index in [9.17, 15) is 5.11 Å². The lowest BCUT2D eigenvalue weighted by atomic mass is 9.97. The molecule has 1 aliphatic rings. The van der Waals surface area contributed by atoms with Gasteiger partial charge in [0.1, 0.15) is 5.69 Å². The van der Waals surface area contributed by atoms with Crippen LogP contribution in [0.1, 0.15) is 25.1 Å². The van der Waals surface area contributed by atoms with E-state index in [1.54, 1.807) is 0 Å². The van der Waals surface area contributed by atoms with Gasteiger partial charge in [-0.1, -0.05) is 32.0 Å². The van der Waals surface area contributed by atoms with Crippen molar-refractivity contribution in [1.82, 2.24) is 20.1 Å². The molecule has 0 amide bonds. The molecule has 3 heterocycles. The molecule has 0 radical (unpaired) electrons. The van der Waals surface area contributed by atoms with E-state index in [1.807, 2.05) is 42.7 Å². The number of fused-ring (bicyclic) bond motifs is 1. The molecule has 1 atom stereocenters. The van der Waals surface area contributed by atoms with Gasteiger partial charge in [-0.15, -0.1) is 0 Å². The second kappa shape index (κ2) is 7.02. The third kappa shape index (κ3) is 3.04. The summed E-state index contributed by atoms with van der Waals surface area (Å²) in [5.41, 5.74) is 6.37. The summed E-state index contributed by atoms with van der Waals surface area (Å²) in [6.45, 7) is 6.17. The maximum atomic E-state index is 9.51. The number of hydrogen-bond acceptors (Lipinski definition) is 4. The normalized spacial score (nSPS) is 16.7. The molecule has 0 saturated carbocycles. The number of nitrogens with one attached hydrogen (secondary N) is 1. The van der Waals surface area contributed by atoms with Crippen LogP contribution in [-0.2, 0) is 19.7 Å². The first-order valence-electron chi connectivity index (χ1n) is 9.11. The first-order chi connectivity index (χ1) is 12.7. The lowest BCUT2D eigenvalue weighted by molar-refractivity contribution is 0.282. The standard InChI is InChI=1S/C21H24N4O/c1-14(2)18-12-25-19(11-23-18)20(16-6-8-22-9-7-16)21(24-25)17-5-3-4-15(10-17)13-26/h3-10,14,18,23,26H,11-13H2,1-2H3. The van der Waals surface area contributed by atoms with Crippen molar-refractivity contribution in [2.45, 2.75) is 39.6 Å². The molecule has 4 rings (SSSR count). The van der Waals surface area contributed by atoms with Gasteiger partial charge in [0, 0.05) is 36.1 Å². The Hall–Kier alpha value is -2.50. The van der Waals surface area contributed by atoms with E-state index in [1.165, 1.54) is 5.69 Å². The van der Waals surface area contributed by atoms with Gasteiger partial charge in [0.2, 0.25) is 0 Å². The van der Waals surface area contributed by atoms with Crippen molar-refractivity contribution in [3.05, 3.63) is 60.0 Å². The number of nitrogens with zero attached hydrogens (tertiary/aromatic N) is 3. The second-order valence-electron chi connectivity index (χ2n) is 7.18. The average Bonchev–Trinajstić information content (AvgIpc) is 3.07. The molecule has 26 heavy (non-hydrogen) atoms. The van der Waals surface area contributed by atoms with E-state index in [0.29, 0.717) is 12.0 Å². The van der Waals surface area contributed by atoms with E-state index < -0.39 is 0 Å². The summed E-state index contributed by atoms with van der Waals surface area (Å²) < 4.78 is 2.15. The van der Waals surface area contributed by atoms with Crippen molar-refractivity contribution in [3.63, 3.8) is 0 Å². The molecule has 2 aromatic heterocycles. The summed E-state index contributed by atoms with van der Waals surface area (Å²) in [5, 5.41) is 18.1. The average molecular weight is 348 g/mol. The Morgan fingerprint density at radius 2 is 2.00 bits per heavy atom. The first-order valence-corrected chi connectivity index (χ1v) is 9.11.